The van der Waals surface area contributed by atoms with Crippen molar-refractivity contribution in [2.75, 3.05) is 12.4 Å². The van der Waals surface area contributed by atoms with Gasteiger partial charge in [-0.1, -0.05) is 32.4 Å². The van der Waals surface area contributed by atoms with Gasteiger partial charge in [-0.25, -0.2) is 4.79 Å². The first-order valence-electron chi connectivity index (χ1n) is 5.56. The van der Waals surface area contributed by atoms with Gasteiger partial charge >= 0.3 is 16.2 Å². The molecule has 0 saturated carbocycles. The van der Waals surface area contributed by atoms with Gasteiger partial charge in [-0.05, 0) is 24.6 Å². The Bertz CT molecular complexity index is 517. The minimum atomic E-state index is -9.72. The summed E-state index contributed by atoms with van der Waals surface area (Å²) < 4.78 is 67.7. The fourth-order valence-corrected chi connectivity index (χ4v) is 2.18. The highest BCUT2D eigenvalue weighted by atomic mass is 32.5. The van der Waals surface area contributed by atoms with Crippen LogP contribution in [0.3, 0.4) is 0 Å². The lowest BCUT2D eigenvalue weighted by molar-refractivity contribution is -0.141. The summed E-state index contributed by atoms with van der Waals surface area (Å²) in [6.07, 6.45) is 0.229. The number of anilines is 1. The van der Waals surface area contributed by atoms with Gasteiger partial charge in [-0.15, -0.1) is 0 Å². The molecule has 1 N–H and O–H groups in total. The zero-order chi connectivity index (χ0) is 15.7. The van der Waals surface area contributed by atoms with E-state index in [4.69, 9.17) is 0 Å². The van der Waals surface area contributed by atoms with Gasteiger partial charge in [-0.3, -0.25) is 0 Å². The third-order valence-corrected chi connectivity index (χ3v) is 3.66. The van der Waals surface area contributed by atoms with E-state index < -0.39 is 27.1 Å². The van der Waals surface area contributed by atoms with Crippen molar-refractivity contribution in [3.8, 4) is 0 Å². The molecule has 1 aromatic rings. The maximum Gasteiger partial charge on any atom is 0.328 e. The van der Waals surface area contributed by atoms with Crippen molar-refractivity contribution in [2.45, 2.75) is 24.3 Å². The van der Waals surface area contributed by atoms with Crippen LogP contribution in [0.25, 0.3) is 0 Å². The summed E-state index contributed by atoms with van der Waals surface area (Å²) in [7, 11) is -8.60. The fourth-order valence-electron chi connectivity index (χ4n) is 1.50. The lowest BCUT2D eigenvalue weighted by atomic mass is 10.2. The van der Waals surface area contributed by atoms with Crippen molar-refractivity contribution in [1.29, 1.82) is 0 Å². The number of benzene rings is 1. The molecule has 1 rings (SSSR count). The van der Waals surface area contributed by atoms with Crippen molar-refractivity contribution in [3.05, 3.63) is 24.3 Å². The lowest BCUT2D eigenvalue weighted by Gasteiger charge is -2.40. The minimum absolute atomic E-state index is 0.229. The number of ether oxygens (including phenoxy) is 1. The molecular formula is C11H14F5NO2S. The third kappa shape index (κ3) is 4.26. The Morgan fingerprint density at radius 1 is 1.30 bits per heavy atom. The molecule has 0 fully saturated rings. The van der Waals surface area contributed by atoms with E-state index in [-0.39, 0.29) is 18.2 Å². The molecule has 0 aliphatic rings. The van der Waals surface area contributed by atoms with Gasteiger partial charge in [0.1, 0.15) is 10.9 Å². The molecular weight excluding hydrogens is 305 g/mol. The molecule has 116 valence electrons. The number of rotatable bonds is 5. The van der Waals surface area contributed by atoms with Gasteiger partial charge in [0.15, 0.2) is 0 Å². The second kappa shape index (κ2) is 4.51. The van der Waals surface area contributed by atoms with Gasteiger partial charge in [0.25, 0.3) is 0 Å². The molecule has 0 radical (unpaired) electrons. The molecule has 1 unspecified atom stereocenters. The van der Waals surface area contributed by atoms with E-state index in [0.29, 0.717) is 6.07 Å². The molecule has 0 amide bonds. The maximum atomic E-state index is 12.7. The minimum Gasteiger partial charge on any atom is -0.467 e. The number of carbonyl (C=O) groups is 1. The van der Waals surface area contributed by atoms with E-state index in [1.807, 2.05) is 0 Å². The molecule has 1 atom stereocenters. The smallest absolute Gasteiger partial charge is 0.328 e. The summed E-state index contributed by atoms with van der Waals surface area (Å²) in [4.78, 5) is 9.30. The largest absolute Gasteiger partial charge is 0.467 e. The number of esters is 1. The van der Waals surface area contributed by atoms with E-state index in [1.165, 1.54) is 6.07 Å². The Kier molecular flexibility index (Phi) is 3.73. The second-order valence-electron chi connectivity index (χ2n) is 4.13. The Hall–Kier alpha value is -1.51. The summed E-state index contributed by atoms with van der Waals surface area (Å²) in [5, 5.41) is 2.44. The molecule has 0 saturated heterocycles. The molecule has 0 aromatic heterocycles. The van der Waals surface area contributed by atoms with Crippen molar-refractivity contribution >= 4 is 21.9 Å². The first-order chi connectivity index (χ1) is 8.87. The van der Waals surface area contributed by atoms with E-state index in [9.17, 15) is 24.2 Å². The van der Waals surface area contributed by atoms with Gasteiger partial charge < -0.3 is 10.1 Å². The Balaban J connectivity index is 3.10. The monoisotopic (exact) mass is 319 g/mol. The van der Waals surface area contributed by atoms with Crippen LogP contribution in [-0.4, -0.2) is 19.1 Å². The Morgan fingerprint density at radius 3 is 2.35 bits per heavy atom. The van der Waals surface area contributed by atoms with Crippen LogP contribution in [0.15, 0.2) is 29.2 Å². The SMILES string of the molecule is CCC(Nc1cccc(S(F)(F)(F)(F)F)c1)C(=O)OC. The van der Waals surface area contributed by atoms with Crippen LogP contribution in [0.1, 0.15) is 13.3 Å². The summed E-state index contributed by atoms with van der Waals surface area (Å²) >= 11 is 0. The van der Waals surface area contributed by atoms with Crippen molar-refractivity contribution in [3.63, 3.8) is 0 Å². The summed E-state index contributed by atoms with van der Waals surface area (Å²) in [6, 6.07) is 1.69. The molecule has 0 aliphatic heterocycles. The quantitative estimate of drug-likeness (QED) is 0.631. The zero-order valence-electron chi connectivity index (χ0n) is 10.7. The van der Waals surface area contributed by atoms with Crippen LogP contribution in [0.4, 0.5) is 25.1 Å². The third-order valence-electron chi connectivity index (χ3n) is 2.51. The van der Waals surface area contributed by atoms with Gasteiger partial charge in [0.2, 0.25) is 0 Å². The molecule has 0 spiro atoms. The van der Waals surface area contributed by atoms with Crippen LogP contribution in [0.2, 0.25) is 0 Å². The molecule has 0 bridgehead atoms. The summed E-state index contributed by atoms with van der Waals surface area (Å²) in [5.41, 5.74) is -0.229. The summed E-state index contributed by atoms with van der Waals surface area (Å²) in [6.45, 7) is 1.60. The van der Waals surface area contributed by atoms with E-state index in [0.717, 1.165) is 13.2 Å². The van der Waals surface area contributed by atoms with Crippen LogP contribution < -0.4 is 5.32 Å². The molecule has 9 heteroatoms. The first-order valence-corrected chi connectivity index (χ1v) is 7.51. The molecule has 0 aliphatic carbocycles. The van der Waals surface area contributed by atoms with Gasteiger partial charge in [0.05, 0.1) is 7.11 Å². The fraction of sp³-hybridized carbons (Fsp3) is 0.364. The second-order valence-corrected chi connectivity index (χ2v) is 6.53. The van der Waals surface area contributed by atoms with Crippen molar-refractivity contribution in [1.82, 2.24) is 0 Å². The van der Waals surface area contributed by atoms with Gasteiger partial charge in [-0.2, -0.15) is 0 Å². The standard InChI is InChI=1S/C11H14F5NO2S/c1-3-10(11(18)19-2)17-8-5-4-6-9(7-8)20(12,13,14,15)16/h4-7,10,17H,3H2,1-2H3. The van der Waals surface area contributed by atoms with E-state index in [1.54, 1.807) is 6.92 Å². The van der Waals surface area contributed by atoms with E-state index in [2.05, 4.69) is 10.1 Å². The number of halogens is 5. The average Bonchev–Trinajstić information content (AvgIpc) is 2.32. The van der Waals surface area contributed by atoms with Crippen LogP contribution in [0.5, 0.6) is 0 Å². The predicted molar refractivity (Wildman–Crippen MR) is 67.6 cm³/mol. The highest BCUT2D eigenvalue weighted by molar-refractivity contribution is 8.45. The van der Waals surface area contributed by atoms with Crippen molar-refractivity contribution < 1.29 is 29.0 Å². The normalized spacial score (nSPS) is 16.8. The highest BCUT2D eigenvalue weighted by Crippen LogP contribution is 3.02. The molecule has 3 nitrogen and oxygen atoms in total. The van der Waals surface area contributed by atoms with Crippen molar-refractivity contribution in [2.24, 2.45) is 0 Å². The molecule has 20 heavy (non-hydrogen) atoms. The number of nitrogens with one attached hydrogen (secondary N) is 1. The summed E-state index contributed by atoms with van der Waals surface area (Å²) in [5.74, 6) is -0.690. The lowest BCUT2D eigenvalue weighted by Crippen LogP contribution is -2.29. The number of carbonyl (C=O) groups excluding carboxylic acids is 1. The maximum absolute atomic E-state index is 12.7. The van der Waals surface area contributed by atoms with Gasteiger partial charge in [0, 0.05) is 5.69 Å². The topological polar surface area (TPSA) is 38.3 Å². The molecule has 0 heterocycles. The predicted octanol–water partition coefficient (Wildman–Crippen LogP) is 4.71. The Labute approximate surface area is 112 Å². The average molecular weight is 319 g/mol. The Morgan fingerprint density at radius 2 is 1.90 bits per heavy atom. The molecule has 1 aromatic carbocycles. The van der Waals surface area contributed by atoms with Crippen LogP contribution >= 0.6 is 10.2 Å². The first kappa shape index (κ1) is 16.5. The number of hydrogen-bond acceptors (Lipinski definition) is 3. The van der Waals surface area contributed by atoms with Crippen LogP contribution in [0, 0.1) is 0 Å². The number of methoxy groups -OCH3 is 1. The number of hydrogen-bond donors (Lipinski definition) is 1. The highest BCUT2D eigenvalue weighted by Gasteiger charge is 2.65. The zero-order valence-corrected chi connectivity index (χ0v) is 11.5. The van der Waals surface area contributed by atoms with E-state index >= 15 is 0 Å². The van der Waals surface area contributed by atoms with Crippen LogP contribution in [-0.2, 0) is 9.53 Å².